The summed E-state index contributed by atoms with van der Waals surface area (Å²) >= 11 is -0.362. The van der Waals surface area contributed by atoms with Crippen molar-refractivity contribution in [1.29, 1.82) is 0 Å². The minimum atomic E-state index is -2.39. The second kappa shape index (κ2) is 11.1. The van der Waals surface area contributed by atoms with Gasteiger partial charge in [-0.15, -0.1) is 0 Å². The number of thioether (sulfide) groups is 1. The Hall–Kier alpha value is -0.710. The summed E-state index contributed by atoms with van der Waals surface area (Å²) in [4.78, 5) is 23.3. The number of hydrogen-bond donors (Lipinski definition) is 10. The van der Waals surface area contributed by atoms with E-state index in [1.54, 1.807) is 0 Å². The highest BCUT2D eigenvalue weighted by Gasteiger charge is 2.39. The van der Waals surface area contributed by atoms with Gasteiger partial charge in [0.2, 0.25) is 10.2 Å². The quantitative estimate of drug-likeness (QED) is 0.167. The third-order valence-corrected chi connectivity index (χ3v) is 4.08. The molecular formula is C12H22O12S. The first-order valence-electron chi connectivity index (χ1n) is 6.91. The SMILES string of the molecule is O=C(SC(=O)[C@H](O)[C@@H](O)[C@H](O)[C@H](O)CO)[C@H](O)[C@@H](O)[C@H](O)[C@H](O)CO. The molecule has 0 amide bonds. The summed E-state index contributed by atoms with van der Waals surface area (Å²) in [7, 11) is 0. The van der Waals surface area contributed by atoms with Gasteiger partial charge in [-0.3, -0.25) is 9.59 Å². The first-order valence-corrected chi connectivity index (χ1v) is 7.72. The number of carbonyl (C=O) groups is 2. The molecule has 0 aromatic heterocycles. The van der Waals surface area contributed by atoms with Crippen molar-refractivity contribution in [1.82, 2.24) is 0 Å². The fourth-order valence-corrected chi connectivity index (χ4v) is 2.26. The second-order valence-corrected chi connectivity index (χ2v) is 6.10. The maximum atomic E-state index is 11.6. The lowest BCUT2D eigenvalue weighted by Crippen LogP contribution is -2.50. The molecule has 25 heavy (non-hydrogen) atoms. The fourth-order valence-electron chi connectivity index (χ4n) is 1.54. The number of carbonyl (C=O) groups excluding carboxylic acids is 2. The first-order chi connectivity index (χ1) is 11.5. The zero-order valence-corrected chi connectivity index (χ0v) is 13.5. The Labute approximate surface area is 145 Å². The van der Waals surface area contributed by atoms with Crippen LogP contribution in [0.2, 0.25) is 0 Å². The van der Waals surface area contributed by atoms with E-state index < -0.39 is 72.3 Å². The Morgan fingerprint density at radius 3 is 1.12 bits per heavy atom. The van der Waals surface area contributed by atoms with E-state index in [1.165, 1.54) is 0 Å². The molecule has 0 radical (unpaired) electrons. The van der Waals surface area contributed by atoms with Gasteiger partial charge in [0.15, 0.2) is 12.2 Å². The van der Waals surface area contributed by atoms with Crippen LogP contribution in [0.25, 0.3) is 0 Å². The standard InChI is InChI=1S/C12H22O12S/c13-1-3(15)5(17)7(19)9(21)11(23)25-12(24)10(22)8(20)6(18)4(16)2-14/h3-10,13-22H,1-2H2/t3-,4-,5-,6-,7+,8+,9-,10-/m1/s1. The smallest absolute Gasteiger partial charge is 0.227 e. The molecule has 0 spiro atoms. The molecule has 0 saturated carbocycles. The predicted molar refractivity (Wildman–Crippen MR) is 79.8 cm³/mol. The highest BCUT2D eigenvalue weighted by molar-refractivity contribution is 8.26. The van der Waals surface area contributed by atoms with Gasteiger partial charge in [-0.05, 0) is 11.8 Å². The minimum absolute atomic E-state index is 0.362. The second-order valence-electron chi connectivity index (χ2n) is 5.09. The van der Waals surface area contributed by atoms with Crippen LogP contribution in [0.3, 0.4) is 0 Å². The van der Waals surface area contributed by atoms with E-state index in [2.05, 4.69) is 0 Å². The highest BCUT2D eigenvalue weighted by Crippen LogP contribution is 2.18. The van der Waals surface area contributed by atoms with Crippen molar-refractivity contribution in [2.24, 2.45) is 0 Å². The van der Waals surface area contributed by atoms with Gasteiger partial charge >= 0.3 is 0 Å². The van der Waals surface area contributed by atoms with Crippen molar-refractivity contribution in [3.05, 3.63) is 0 Å². The zero-order valence-electron chi connectivity index (χ0n) is 12.7. The van der Waals surface area contributed by atoms with Gasteiger partial charge in [-0.1, -0.05) is 0 Å². The van der Waals surface area contributed by atoms with Crippen LogP contribution in [0.15, 0.2) is 0 Å². The summed E-state index contributed by atoms with van der Waals surface area (Å²) < 4.78 is 0. The van der Waals surface area contributed by atoms with Crippen LogP contribution >= 0.6 is 11.8 Å². The van der Waals surface area contributed by atoms with E-state index in [0.29, 0.717) is 0 Å². The van der Waals surface area contributed by atoms with Gasteiger partial charge in [0.25, 0.3) is 0 Å². The summed E-state index contributed by atoms with van der Waals surface area (Å²) in [6.45, 7) is -1.97. The molecule has 0 bridgehead atoms. The lowest BCUT2D eigenvalue weighted by molar-refractivity contribution is -0.141. The normalized spacial score (nSPS) is 21.5. The van der Waals surface area contributed by atoms with Gasteiger partial charge < -0.3 is 51.1 Å². The fraction of sp³-hybridized carbons (Fsp3) is 0.833. The molecule has 0 aliphatic heterocycles. The first kappa shape index (κ1) is 24.3. The molecule has 148 valence electrons. The predicted octanol–water partition coefficient (Wildman–Crippen LogP) is -6.36. The van der Waals surface area contributed by atoms with Crippen molar-refractivity contribution in [3.63, 3.8) is 0 Å². The van der Waals surface area contributed by atoms with Gasteiger partial charge in [0.1, 0.15) is 36.6 Å². The molecule has 0 aromatic rings. The average molecular weight is 390 g/mol. The van der Waals surface area contributed by atoms with Crippen molar-refractivity contribution < 1.29 is 60.7 Å². The molecule has 0 aliphatic carbocycles. The van der Waals surface area contributed by atoms with Gasteiger partial charge in [0, 0.05) is 0 Å². The molecule has 0 fully saturated rings. The molecule has 0 heterocycles. The number of rotatable bonds is 10. The highest BCUT2D eigenvalue weighted by atomic mass is 32.2. The van der Waals surface area contributed by atoms with Crippen molar-refractivity contribution >= 4 is 22.0 Å². The molecule has 0 rings (SSSR count). The van der Waals surface area contributed by atoms with Gasteiger partial charge in [0.05, 0.1) is 13.2 Å². The van der Waals surface area contributed by atoms with Gasteiger partial charge in [-0.2, -0.15) is 0 Å². The maximum Gasteiger partial charge on any atom is 0.227 e. The van der Waals surface area contributed by atoms with E-state index in [1.807, 2.05) is 0 Å². The Balaban J connectivity index is 4.80. The van der Waals surface area contributed by atoms with Crippen LogP contribution in [0.4, 0.5) is 0 Å². The molecular weight excluding hydrogens is 368 g/mol. The molecule has 0 aliphatic rings. The Kier molecular flexibility index (Phi) is 10.8. The van der Waals surface area contributed by atoms with Crippen molar-refractivity contribution in [2.45, 2.75) is 48.8 Å². The molecule has 0 saturated heterocycles. The Morgan fingerprint density at radius 2 is 0.880 bits per heavy atom. The van der Waals surface area contributed by atoms with E-state index in [4.69, 9.17) is 20.4 Å². The number of hydrogen-bond acceptors (Lipinski definition) is 13. The molecule has 10 N–H and O–H groups in total. The molecule has 8 atom stereocenters. The van der Waals surface area contributed by atoms with E-state index in [-0.39, 0.29) is 11.8 Å². The molecule has 0 unspecified atom stereocenters. The Bertz CT molecular complexity index is 396. The largest absolute Gasteiger partial charge is 0.394 e. The molecule has 12 nitrogen and oxygen atoms in total. The van der Waals surface area contributed by atoms with E-state index in [9.17, 15) is 40.2 Å². The van der Waals surface area contributed by atoms with Crippen LogP contribution in [0.1, 0.15) is 0 Å². The average Bonchev–Trinajstić information content (AvgIpc) is 2.62. The lowest BCUT2D eigenvalue weighted by atomic mass is 10.0. The molecule has 13 heteroatoms. The van der Waals surface area contributed by atoms with Crippen molar-refractivity contribution in [3.8, 4) is 0 Å². The van der Waals surface area contributed by atoms with Crippen LogP contribution in [0, 0.1) is 0 Å². The number of aliphatic hydroxyl groups excluding tert-OH is 10. The summed E-state index contributed by atoms with van der Waals surface area (Å²) in [5.41, 5.74) is 0. The maximum absolute atomic E-state index is 11.6. The van der Waals surface area contributed by atoms with E-state index in [0.717, 1.165) is 0 Å². The zero-order chi connectivity index (χ0) is 19.9. The van der Waals surface area contributed by atoms with Crippen LogP contribution in [-0.4, -0.2) is 123 Å². The summed E-state index contributed by atoms with van der Waals surface area (Å²) in [5.74, 6) is 0. The summed E-state index contributed by atoms with van der Waals surface area (Å²) in [6, 6.07) is 0. The summed E-state index contributed by atoms with van der Waals surface area (Å²) in [5, 5.41) is 89.2. The van der Waals surface area contributed by atoms with Crippen molar-refractivity contribution in [2.75, 3.05) is 13.2 Å². The van der Waals surface area contributed by atoms with Gasteiger partial charge in [-0.25, -0.2) is 0 Å². The Morgan fingerprint density at radius 1 is 0.600 bits per heavy atom. The third kappa shape index (κ3) is 6.84. The topological polar surface area (TPSA) is 236 Å². The number of aliphatic hydroxyl groups is 10. The van der Waals surface area contributed by atoms with E-state index >= 15 is 0 Å². The molecule has 0 aromatic carbocycles. The lowest BCUT2D eigenvalue weighted by Gasteiger charge is -2.26. The third-order valence-electron chi connectivity index (χ3n) is 3.19. The minimum Gasteiger partial charge on any atom is -0.394 e. The summed E-state index contributed by atoms with van der Waals surface area (Å²) in [6.07, 6.45) is -17.3. The van der Waals surface area contributed by atoms with Crippen LogP contribution in [0.5, 0.6) is 0 Å². The monoisotopic (exact) mass is 390 g/mol. The van der Waals surface area contributed by atoms with Crippen LogP contribution < -0.4 is 0 Å². The van der Waals surface area contributed by atoms with Crippen LogP contribution in [-0.2, 0) is 9.59 Å².